The second-order valence-electron chi connectivity index (χ2n) is 7.05. The van der Waals surface area contributed by atoms with Gasteiger partial charge in [-0.25, -0.2) is 8.42 Å². The lowest BCUT2D eigenvalue weighted by molar-refractivity contribution is -0.128. The quantitative estimate of drug-likeness (QED) is 0.713. The van der Waals surface area contributed by atoms with E-state index in [4.69, 9.17) is 10.5 Å². The van der Waals surface area contributed by atoms with Crippen LogP contribution < -0.4 is 10.5 Å². The molecule has 1 aromatic carbocycles. The van der Waals surface area contributed by atoms with Gasteiger partial charge in [0.1, 0.15) is 24.0 Å². The van der Waals surface area contributed by atoms with Crippen molar-refractivity contribution in [2.24, 2.45) is 15.5 Å². The van der Waals surface area contributed by atoms with Crippen LogP contribution in [-0.2, 0) is 20.6 Å². The number of fused-ring (bicyclic) bond motifs is 1. The first-order valence-corrected chi connectivity index (χ1v) is 10.1. The molecule has 0 spiro atoms. The second kappa shape index (κ2) is 7.56. The van der Waals surface area contributed by atoms with Crippen LogP contribution >= 0.6 is 0 Å². The lowest BCUT2D eigenvalue weighted by Crippen LogP contribution is -2.32. The first kappa shape index (κ1) is 19.4. The zero-order valence-corrected chi connectivity index (χ0v) is 15.9. The molecule has 6 nitrogen and oxygen atoms in total. The fraction of sp³-hybridized carbons (Fsp3) is 0.556. The molecule has 0 radical (unpaired) electrons. The van der Waals surface area contributed by atoms with E-state index in [-0.39, 0.29) is 24.0 Å². The van der Waals surface area contributed by atoms with Crippen molar-refractivity contribution in [3.05, 3.63) is 29.3 Å². The van der Waals surface area contributed by atoms with Crippen molar-refractivity contribution in [3.8, 4) is 5.75 Å². The smallest absolute Gasteiger partial charge is 0.259 e. The molecule has 0 atom stereocenters. The average molecular weight is 366 g/mol. The highest BCUT2D eigenvalue weighted by Crippen LogP contribution is 2.30. The van der Waals surface area contributed by atoms with Crippen molar-refractivity contribution >= 4 is 21.6 Å². The second-order valence-corrected chi connectivity index (χ2v) is 8.68. The average Bonchev–Trinajstić information content (AvgIpc) is 2.51. The molecule has 0 aromatic heterocycles. The van der Waals surface area contributed by atoms with Crippen LogP contribution in [0.5, 0.6) is 5.75 Å². The van der Waals surface area contributed by atoms with Crippen LogP contribution in [0.25, 0.3) is 0 Å². The summed E-state index contributed by atoms with van der Waals surface area (Å²) in [6.45, 7) is 6.02. The fourth-order valence-corrected chi connectivity index (χ4v) is 3.83. The Morgan fingerprint density at radius 3 is 2.72 bits per heavy atom. The number of sulfonamides is 1. The van der Waals surface area contributed by atoms with E-state index in [9.17, 15) is 13.2 Å². The van der Waals surface area contributed by atoms with E-state index < -0.39 is 15.4 Å². The number of amidine groups is 1. The molecule has 2 N–H and O–H groups in total. The van der Waals surface area contributed by atoms with Gasteiger partial charge in [-0.15, -0.1) is 4.40 Å². The van der Waals surface area contributed by atoms with Gasteiger partial charge >= 0.3 is 0 Å². The molecule has 138 valence electrons. The maximum Gasteiger partial charge on any atom is 0.259 e. The summed E-state index contributed by atoms with van der Waals surface area (Å²) in [5.41, 5.74) is 6.28. The topological polar surface area (TPSA) is 98.8 Å². The Kier molecular flexibility index (Phi) is 5.87. The molecule has 1 heterocycles. The van der Waals surface area contributed by atoms with Gasteiger partial charge in [-0.2, -0.15) is 0 Å². The minimum Gasteiger partial charge on any atom is -0.492 e. The van der Waals surface area contributed by atoms with Crippen molar-refractivity contribution in [1.29, 1.82) is 0 Å². The molecule has 0 aliphatic carbocycles. The number of Topliss-reactive ketones (excluding diaryl/α,β-unsaturated/α-hetero) is 1. The number of carbonyl (C=O) groups is 1. The van der Waals surface area contributed by atoms with Crippen molar-refractivity contribution in [3.63, 3.8) is 0 Å². The third kappa shape index (κ3) is 4.81. The van der Waals surface area contributed by atoms with Gasteiger partial charge in [0.15, 0.2) is 0 Å². The van der Waals surface area contributed by atoms with Crippen LogP contribution in [0, 0.1) is 5.41 Å². The van der Waals surface area contributed by atoms with Gasteiger partial charge in [-0.1, -0.05) is 31.9 Å². The van der Waals surface area contributed by atoms with E-state index in [1.54, 1.807) is 18.2 Å². The molecule has 7 heteroatoms. The standard InChI is InChI=1S/C18H26N2O4S/c1-4-5-6-10-15(21)18(2,3)12-24-14-9-7-8-13-11-25(22,23)20-17(19)16(13)14/h7-9H,4-6,10-12H2,1-3H3,(H2,19,20). The number of carbonyl (C=O) groups excluding carboxylic acids is 1. The largest absolute Gasteiger partial charge is 0.492 e. The molecule has 1 aliphatic rings. The molecule has 1 aromatic rings. The van der Waals surface area contributed by atoms with Crippen molar-refractivity contribution in [2.45, 2.75) is 52.2 Å². The normalized spacial score (nSPS) is 16.0. The maximum absolute atomic E-state index is 12.4. The highest BCUT2D eigenvalue weighted by molar-refractivity contribution is 7.89. The molecular formula is C18H26N2O4S. The van der Waals surface area contributed by atoms with Gasteiger partial charge in [0.25, 0.3) is 10.0 Å². The first-order chi connectivity index (χ1) is 11.7. The Balaban J connectivity index is 2.13. The highest BCUT2D eigenvalue weighted by atomic mass is 32.2. The number of unbranched alkanes of at least 4 members (excludes halogenated alkanes) is 2. The number of nitrogens with two attached hydrogens (primary N) is 1. The third-order valence-corrected chi connectivity index (χ3v) is 5.45. The number of rotatable bonds is 8. The number of ketones is 1. The Morgan fingerprint density at radius 2 is 2.04 bits per heavy atom. The van der Waals surface area contributed by atoms with E-state index in [2.05, 4.69) is 11.3 Å². The van der Waals surface area contributed by atoms with Gasteiger partial charge in [0.05, 0.1) is 16.7 Å². The Labute approximate surface area is 149 Å². The van der Waals surface area contributed by atoms with Crippen LogP contribution in [0.2, 0.25) is 0 Å². The molecule has 25 heavy (non-hydrogen) atoms. The van der Waals surface area contributed by atoms with Crippen molar-refractivity contribution in [2.75, 3.05) is 6.61 Å². The maximum atomic E-state index is 12.4. The molecule has 0 bridgehead atoms. The summed E-state index contributed by atoms with van der Waals surface area (Å²) in [5, 5.41) is 0. The van der Waals surface area contributed by atoms with Gasteiger partial charge < -0.3 is 10.5 Å². The summed E-state index contributed by atoms with van der Waals surface area (Å²) in [6, 6.07) is 5.14. The number of hydrogen-bond donors (Lipinski definition) is 1. The zero-order chi connectivity index (χ0) is 18.7. The van der Waals surface area contributed by atoms with Crippen LogP contribution in [0.15, 0.2) is 22.6 Å². The number of ether oxygens (including phenoxy) is 1. The van der Waals surface area contributed by atoms with Crippen molar-refractivity contribution in [1.82, 2.24) is 0 Å². The number of nitrogens with zero attached hydrogens (tertiary/aromatic N) is 1. The Hall–Kier alpha value is -1.89. The highest BCUT2D eigenvalue weighted by Gasteiger charge is 2.30. The summed E-state index contributed by atoms with van der Waals surface area (Å²) in [7, 11) is -3.58. The van der Waals surface area contributed by atoms with Crippen molar-refractivity contribution < 1.29 is 17.9 Å². The molecule has 0 saturated heterocycles. The molecule has 0 saturated carbocycles. The molecule has 0 unspecified atom stereocenters. The molecule has 1 aliphatic heterocycles. The van der Waals surface area contributed by atoms with Gasteiger partial charge in [-0.05, 0) is 31.9 Å². The fourth-order valence-electron chi connectivity index (χ4n) is 2.74. The van der Waals surface area contributed by atoms with E-state index >= 15 is 0 Å². The summed E-state index contributed by atoms with van der Waals surface area (Å²) >= 11 is 0. The Bertz CT molecular complexity index is 782. The first-order valence-electron chi connectivity index (χ1n) is 8.53. The molecule has 0 fully saturated rings. The lowest BCUT2D eigenvalue weighted by atomic mass is 9.86. The predicted octanol–water partition coefficient (Wildman–Crippen LogP) is 2.79. The number of benzene rings is 1. The number of hydrogen-bond acceptors (Lipinski definition) is 5. The zero-order valence-electron chi connectivity index (χ0n) is 15.0. The summed E-state index contributed by atoms with van der Waals surface area (Å²) in [4.78, 5) is 12.4. The van der Waals surface area contributed by atoms with E-state index in [1.165, 1.54) is 0 Å². The molecule has 2 rings (SSSR count). The minimum absolute atomic E-state index is 0.0658. The van der Waals surface area contributed by atoms with Crippen LogP contribution in [0.1, 0.15) is 57.6 Å². The van der Waals surface area contributed by atoms with Crippen LogP contribution in [0.4, 0.5) is 0 Å². The summed E-state index contributed by atoms with van der Waals surface area (Å²) in [5.74, 6) is 0.363. The summed E-state index contributed by atoms with van der Waals surface area (Å²) < 4.78 is 32.9. The molecule has 0 amide bonds. The SMILES string of the molecule is CCCCCC(=O)C(C)(C)COc1cccc2c1C(N)=NS(=O)(=O)C2. The van der Waals surface area contributed by atoms with Gasteiger partial charge in [0.2, 0.25) is 0 Å². The summed E-state index contributed by atoms with van der Waals surface area (Å²) in [6.07, 6.45) is 3.54. The lowest BCUT2D eigenvalue weighted by Gasteiger charge is -2.25. The predicted molar refractivity (Wildman–Crippen MR) is 98.2 cm³/mol. The third-order valence-electron chi connectivity index (χ3n) is 4.29. The Morgan fingerprint density at radius 1 is 1.32 bits per heavy atom. The van der Waals surface area contributed by atoms with Crippen LogP contribution in [0.3, 0.4) is 0 Å². The van der Waals surface area contributed by atoms with E-state index in [1.807, 2.05) is 13.8 Å². The molecular weight excluding hydrogens is 340 g/mol. The van der Waals surface area contributed by atoms with Gasteiger partial charge in [0, 0.05) is 6.42 Å². The van der Waals surface area contributed by atoms with E-state index in [0.717, 1.165) is 19.3 Å². The van der Waals surface area contributed by atoms with Gasteiger partial charge in [-0.3, -0.25) is 4.79 Å². The van der Waals surface area contributed by atoms with Crippen LogP contribution in [-0.4, -0.2) is 26.6 Å². The van der Waals surface area contributed by atoms with E-state index in [0.29, 0.717) is 23.3 Å². The monoisotopic (exact) mass is 366 g/mol. The minimum atomic E-state index is -3.58.